The molecule has 0 radical (unpaired) electrons. The third-order valence-corrected chi connectivity index (χ3v) is 5.15. The zero-order valence-corrected chi connectivity index (χ0v) is 15.8. The van der Waals surface area contributed by atoms with Crippen LogP contribution in [0.1, 0.15) is 27.0 Å². The summed E-state index contributed by atoms with van der Waals surface area (Å²) in [7, 11) is 0. The monoisotopic (exact) mass is 371 g/mol. The van der Waals surface area contributed by atoms with Crippen LogP contribution in [0.2, 0.25) is 0 Å². The van der Waals surface area contributed by atoms with E-state index in [4.69, 9.17) is 0 Å². The van der Waals surface area contributed by atoms with Gasteiger partial charge in [0, 0.05) is 23.5 Å². The SMILES string of the molecule is Cc1cccc(NC(=O)Nc2ccc(-c3cccc4c3CNC4=O)cc2)c1C. The molecule has 0 atom stereocenters. The van der Waals surface area contributed by atoms with Gasteiger partial charge in [0.1, 0.15) is 0 Å². The first-order chi connectivity index (χ1) is 13.5. The van der Waals surface area contributed by atoms with Crippen LogP contribution in [0, 0.1) is 13.8 Å². The molecule has 3 N–H and O–H groups in total. The first-order valence-corrected chi connectivity index (χ1v) is 9.17. The summed E-state index contributed by atoms with van der Waals surface area (Å²) in [5.74, 6) is -0.0294. The lowest BCUT2D eigenvalue weighted by atomic mass is 9.97. The summed E-state index contributed by atoms with van der Waals surface area (Å²) < 4.78 is 0. The molecule has 0 saturated carbocycles. The molecular formula is C23H21N3O2. The maximum Gasteiger partial charge on any atom is 0.323 e. The number of carbonyl (C=O) groups excluding carboxylic acids is 2. The largest absolute Gasteiger partial charge is 0.348 e. The van der Waals surface area contributed by atoms with E-state index in [9.17, 15) is 9.59 Å². The van der Waals surface area contributed by atoms with Gasteiger partial charge in [0.05, 0.1) is 0 Å². The second-order valence-electron chi connectivity index (χ2n) is 6.92. The minimum Gasteiger partial charge on any atom is -0.348 e. The Balaban J connectivity index is 1.49. The van der Waals surface area contributed by atoms with Crippen molar-refractivity contribution in [1.82, 2.24) is 5.32 Å². The molecule has 0 fully saturated rings. The number of amides is 3. The summed E-state index contributed by atoms with van der Waals surface area (Å²) in [4.78, 5) is 24.2. The molecule has 0 unspecified atom stereocenters. The molecule has 1 heterocycles. The minimum absolute atomic E-state index is 0.0294. The van der Waals surface area contributed by atoms with Crippen molar-refractivity contribution in [2.75, 3.05) is 10.6 Å². The zero-order chi connectivity index (χ0) is 19.7. The van der Waals surface area contributed by atoms with Crippen LogP contribution in [-0.4, -0.2) is 11.9 Å². The Morgan fingerprint density at radius 3 is 2.39 bits per heavy atom. The Morgan fingerprint density at radius 2 is 1.61 bits per heavy atom. The fourth-order valence-corrected chi connectivity index (χ4v) is 3.43. The van der Waals surface area contributed by atoms with Crippen molar-refractivity contribution in [3.05, 3.63) is 82.9 Å². The smallest absolute Gasteiger partial charge is 0.323 e. The fraction of sp³-hybridized carbons (Fsp3) is 0.130. The summed E-state index contributed by atoms with van der Waals surface area (Å²) in [6.07, 6.45) is 0. The number of urea groups is 1. The number of nitrogens with one attached hydrogen (secondary N) is 3. The van der Waals surface area contributed by atoms with Crippen LogP contribution < -0.4 is 16.0 Å². The van der Waals surface area contributed by atoms with Gasteiger partial charge in [-0.3, -0.25) is 4.79 Å². The average molecular weight is 371 g/mol. The van der Waals surface area contributed by atoms with Gasteiger partial charge in [0.15, 0.2) is 0 Å². The molecular weight excluding hydrogens is 350 g/mol. The molecule has 5 nitrogen and oxygen atoms in total. The topological polar surface area (TPSA) is 70.2 Å². The first kappa shape index (κ1) is 17.8. The Hall–Kier alpha value is -3.60. The third-order valence-electron chi connectivity index (χ3n) is 5.15. The van der Waals surface area contributed by atoms with E-state index in [2.05, 4.69) is 16.0 Å². The molecule has 1 aliphatic heterocycles. The Morgan fingerprint density at radius 1 is 0.893 bits per heavy atom. The molecule has 28 heavy (non-hydrogen) atoms. The molecule has 140 valence electrons. The molecule has 0 aromatic heterocycles. The standard InChI is InChI=1S/C23H21N3O2/c1-14-5-3-8-21(15(14)2)26-23(28)25-17-11-9-16(10-12-17)18-6-4-7-19-20(18)13-24-22(19)27/h3-12H,13H2,1-2H3,(H,24,27)(H2,25,26,28). The summed E-state index contributed by atoms with van der Waals surface area (Å²) in [6.45, 7) is 4.54. The Bertz CT molecular complexity index is 1070. The van der Waals surface area contributed by atoms with E-state index in [1.54, 1.807) is 0 Å². The predicted molar refractivity (Wildman–Crippen MR) is 112 cm³/mol. The lowest BCUT2D eigenvalue weighted by Gasteiger charge is -2.12. The Kier molecular flexibility index (Phi) is 4.57. The summed E-state index contributed by atoms with van der Waals surface area (Å²) in [5.41, 5.74) is 7.46. The quantitative estimate of drug-likeness (QED) is 0.615. The highest BCUT2D eigenvalue weighted by Crippen LogP contribution is 2.30. The van der Waals surface area contributed by atoms with Gasteiger partial charge in [0.25, 0.3) is 5.91 Å². The van der Waals surface area contributed by atoms with E-state index in [-0.39, 0.29) is 11.9 Å². The van der Waals surface area contributed by atoms with Crippen LogP contribution in [0.5, 0.6) is 0 Å². The van der Waals surface area contributed by atoms with Gasteiger partial charge in [-0.15, -0.1) is 0 Å². The van der Waals surface area contributed by atoms with E-state index in [0.717, 1.165) is 39.1 Å². The van der Waals surface area contributed by atoms with Gasteiger partial charge < -0.3 is 16.0 Å². The molecule has 5 heteroatoms. The maximum atomic E-state index is 12.3. The van der Waals surface area contributed by atoms with Crippen molar-refractivity contribution in [3.8, 4) is 11.1 Å². The van der Waals surface area contributed by atoms with Gasteiger partial charge in [-0.25, -0.2) is 4.79 Å². The first-order valence-electron chi connectivity index (χ1n) is 9.17. The van der Waals surface area contributed by atoms with Crippen molar-refractivity contribution >= 4 is 23.3 Å². The molecule has 0 bridgehead atoms. The van der Waals surface area contributed by atoms with Gasteiger partial charge in [0.2, 0.25) is 0 Å². The number of benzene rings is 3. The molecule has 3 aromatic rings. The summed E-state index contributed by atoms with van der Waals surface area (Å²) in [6, 6.07) is 18.9. The van der Waals surface area contributed by atoms with Crippen LogP contribution in [0.4, 0.5) is 16.2 Å². The van der Waals surface area contributed by atoms with Gasteiger partial charge >= 0.3 is 6.03 Å². The van der Waals surface area contributed by atoms with Crippen molar-refractivity contribution in [1.29, 1.82) is 0 Å². The van der Waals surface area contributed by atoms with Crippen molar-refractivity contribution in [3.63, 3.8) is 0 Å². The van der Waals surface area contributed by atoms with Gasteiger partial charge in [-0.05, 0) is 65.9 Å². The number of hydrogen-bond donors (Lipinski definition) is 3. The maximum absolute atomic E-state index is 12.3. The van der Waals surface area contributed by atoms with Crippen LogP contribution in [0.25, 0.3) is 11.1 Å². The molecule has 0 saturated heterocycles. The second-order valence-corrected chi connectivity index (χ2v) is 6.92. The van der Waals surface area contributed by atoms with Crippen molar-refractivity contribution < 1.29 is 9.59 Å². The van der Waals surface area contributed by atoms with Crippen LogP contribution >= 0.6 is 0 Å². The van der Waals surface area contributed by atoms with Crippen LogP contribution in [0.3, 0.4) is 0 Å². The molecule has 0 aliphatic carbocycles. The highest BCUT2D eigenvalue weighted by atomic mass is 16.2. The van der Waals surface area contributed by atoms with Crippen LogP contribution in [0.15, 0.2) is 60.7 Å². The third kappa shape index (κ3) is 3.34. The van der Waals surface area contributed by atoms with E-state index in [1.807, 2.05) is 74.5 Å². The fourth-order valence-electron chi connectivity index (χ4n) is 3.43. The molecule has 3 aromatic carbocycles. The number of fused-ring (bicyclic) bond motifs is 1. The highest BCUT2D eigenvalue weighted by molar-refractivity contribution is 6.01. The lowest BCUT2D eigenvalue weighted by Crippen LogP contribution is -2.20. The number of anilines is 2. The second kappa shape index (κ2) is 7.19. The van der Waals surface area contributed by atoms with Crippen molar-refractivity contribution in [2.24, 2.45) is 0 Å². The highest BCUT2D eigenvalue weighted by Gasteiger charge is 2.21. The lowest BCUT2D eigenvalue weighted by molar-refractivity contribution is 0.0965. The Labute approximate surface area is 163 Å². The molecule has 0 spiro atoms. The number of aryl methyl sites for hydroxylation is 1. The number of carbonyl (C=O) groups is 2. The van der Waals surface area contributed by atoms with Gasteiger partial charge in [-0.2, -0.15) is 0 Å². The zero-order valence-electron chi connectivity index (χ0n) is 15.8. The van der Waals surface area contributed by atoms with Crippen molar-refractivity contribution in [2.45, 2.75) is 20.4 Å². The minimum atomic E-state index is -0.281. The summed E-state index contributed by atoms with van der Waals surface area (Å²) in [5, 5.41) is 8.61. The normalized spacial score (nSPS) is 12.3. The summed E-state index contributed by atoms with van der Waals surface area (Å²) >= 11 is 0. The van der Waals surface area contributed by atoms with E-state index < -0.39 is 0 Å². The molecule has 4 rings (SSSR count). The van der Waals surface area contributed by atoms with Crippen LogP contribution in [-0.2, 0) is 6.54 Å². The van der Waals surface area contributed by atoms with E-state index >= 15 is 0 Å². The van der Waals surface area contributed by atoms with E-state index in [0.29, 0.717) is 12.2 Å². The number of rotatable bonds is 3. The average Bonchev–Trinajstić information content (AvgIpc) is 3.07. The number of hydrogen-bond acceptors (Lipinski definition) is 2. The molecule has 3 amide bonds. The van der Waals surface area contributed by atoms with Gasteiger partial charge in [-0.1, -0.05) is 36.4 Å². The predicted octanol–water partition coefficient (Wildman–Crippen LogP) is 4.86. The molecule has 1 aliphatic rings. The van der Waals surface area contributed by atoms with E-state index in [1.165, 1.54) is 0 Å².